The summed E-state index contributed by atoms with van der Waals surface area (Å²) in [5, 5.41) is 10.9. The summed E-state index contributed by atoms with van der Waals surface area (Å²) in [5.74, 6) is -0.105. The number of carbonyl (C=O) groups excluding carboxylic acids is 2. The van der Waals surface area contributed by atoms with E-state index in [1.807, 2.05) is 0 Å². The number of fused-ring (bicyclic) bond motifs is 1. The highest BCUT2D eigenvalue weighted by Gasteiger charge is 2.37. The van der Waals surface area contributed by atoms with Crippen molar-refractivity contribution in [2.45, 2.75) is 0 Å². The van der Waals surface area contributed by atoms with E-state index in [9.17, 15) is 19.7 Å². The molecule has 0 atom stereocenters. The lowest BCUT2D eigenvalue weighted by atomic mass is 10.1. The van der Waals surface area contributed by atoms with Gasteiger partial charge in [0.2, 0.25) is 6.79 Å². The molecule has 28 heavy (non-hydrogen) atoms. The number of non-ortho nitro benzene ring substituents is 1. The van der Waals surface area contributed by atoms with Crippen LogP contribution < -0.4 is 9.47 Å². The maximum absolute atomic E-state index is 12.7. The van der Waals surface area contributed by atoms with Crippen LogP contribution in [0.25, 0.3) is 6.08 Å². The Hall–Kier alpha value is -3.24. The van der Waals surface area contributed by atoms with Crippen molar-refractivity contribution < 1.29 is 24.0 Å². The zero-order chi connectivity index (χ0) is 19.8. The minimum Gasteiger partial charge on any atom is -0.454 e. The van der Waals surface area contributed by atoms with Crippen LogP contribution in [-0.2, 0) is 4.79 Å². The van der Waals surface area contributed by atoms with Crippen LogP contribution in [0.3, 0.4) is 0 Å². The SMILES string of the molecule is O=C1C(=Cc2ccc3c(c2)OCO3)SC(=S)N1C(=O)c1cccc([N+](=O)[O-])c1. The van der Waals surface area contributed by atoms with Crippen molar-refractivity contribution in [2.24, 2.45) is 0 Å². The number of amides is 2. The fraction of sp³-hybridized carbons (Fsp3) is 0.0556. The number of thioether (sulfide) groups is 1. The van der Waals surface area contributed by atoms with Gasteiger partial charge in [0.25, 0.3) is 17.5 Å². The Morgan fingerprint density at radius 2 is 2.00 bits per heavy atom. The van der Waals surface area contributed by atoms with Crippen LogP contribution in [0.2, 0.25) is 0 Å². The van der Waals surface area contributed by atoms with E-state index in [0.29, 0.717) is 17.1 Å². The van der Waals surface area contributed by atoms with Crippen molar-refractivity contribution in [3.8, 4) is 11.5 Å². The number of nitro benzene ring substituents is 1. The highest BCUT2D eigenvalue weighted by Crippen LogP contribution is 2.37. The molecule has 10 heteroatoms. The van der Waals surface area contributed by atoms with Gasteiger partial charge in [-0.1, -0.05) is 36.1 Å². The number of hydrogen-bond acceptors (Lipinski definition) is 8. The summed E-state index contributed by atoms with van der Waals surface area (Å²) in [6.07, 6.45) is 1.60. The van der Waals surface area contributed by atoms with E-state index < -0.39 is 16.7 Å². The lowest BCUT2D eigenvalue weighted by molar-refractivity contribution is -0.384. The van der Waals surface area contributed by atoms with Crippen LogP contribution in [-0.4, -0.2) is 32.8 Å². The highest BCUT2D eigenvalue weighted by molar-refractivity contribution is 8.26. The van der Waals surface area contributed by atoms with E-state index in [2.05, 4.69) is 0 Å². The maximum atomic E-state index is 12.7. The number of thiocarbonyl (C=S) groups is 1. The highest BCUT2D eigenvalue weighted by atomic mass is 32.2. The molecule has 0 aliphatic carbocycles. The second-order valence-corrected chi connectivity index (χ2v) is 7.42. The third-order valence-corrected chi connectivity index (χ3v) is 5.30. The van der Waals surface area contributed by atoms with E-state index >= 15 is 0 Å². The Kier molecular flexibility index (Phi) is 4.57. The van der Waals surface area contributed by atoms with Crippen LogP contribution in [0.15, 0.2) is 47.4 Å². The van der Waals surface area contributed by atoms with Gasteiger partial charge in [0, 0.05) is 17.7 Å². The van der Waals surface area contributed by atoms with Gasteiger partial charge < -0.3 is 9.47 Å². The molecule has 8 nitrogen and oxygen atoms in total. The Morgan fingerprint density at radius 3 is 2.79 bits per heavy atom. The standard InChI is InChI=1S/C18H10N2O6S2/c21-16(11-2-1-3-12(8-11)20(23)24)19-17(22)15(28-18(19)27)7-10-4-5-13-14(6-10)26-9-25-13/h1-8H,9H2. The third kappa shape index (κ3) is 3.23. The van der Waals surface area contributed by atoms with Crippen LogP contribution in [0.1, 0.15) is 15.9 Å². The fourth-order valence-electron chi connectivity index (χ4n) is 2.68. The average molecular weight is 414 g/mol. The summed E-state index contributed by atoms with van der Waals surface area (Å²) in [5.41, 5.74) is 0.453. The number of rotatable bonds is 3. The first-order valence-corrected chi connectivity index (χ1v) is 9.13. The Balaban J connectivity index is 1.61. The number of benzene rings is 2. The molecule has 0 N–H and O–H groups in total. The first-order valence-electron chi connectivity index (χ1n) is 7.90. The number of nitrogens with zero attached hydrogens (tertiary/aromatic N) is 2. The molecule has 4 rings (SSSR count). The van der Waals surface area contributed by atoms with Gasteiger partial charge in [-0.3, -0.25) is 19.7 Å². The lowest BCUT2D eigenvalue weighted by Gasteiger charge is -2.12. The Bertz CT molecular complexity index is 1080. The minimum atomic E-state index is -0.708. The van der Waals surface area contributed by atoms with E-state index in [1.54, 1.807) is 24.3 Å². The Labute approximate surface area is 167 Å². The summed E-state index contributed by atoms with van der Waals surface area (Å²) >= 11 is 6.16. The van der Waals surface area contributed by atoms with Crippen LogP contribution in [0, 0.1) is 10.1 Å². The molecule has 2 heterocycles. The van der Waals surface area contributed by atoms with Gasteiger partial charge in [0.1, 0.15) is 0 Å². The third-order valence-electron chi connectivity index (χ3n) is 4.00. The van der Waals surface area contributed by atoms with Crippen molar-refractivity contribution >= 4 is 51.9 Å². The second-order valence-electron chi connectivity index (χ2n) is 5.74. The van der Waals surface area contributed by atoms with E-state index in [1.165, 1.54) is 18.2 Å². The van der Waals surface area contributed by atoms with Gasteiger partial charge in [-0.2, -0.15) is 0 Å². The summed E-state index contributed by atoms with van der Waals surface area (Å²) in [6, 6.07) is 10.4. The summed E-state index contributed by atoms with van der Waals surface area (Å²) in [7, 11) is 0. The number of imide groups is 1. The van der Waals surface area contributed by atoms with Gasteiger partial charge in [-0.05, 0) is 29.8 Å². The normalized spacial score (nSPS) is 16.7. The predicted molar refractivity (Wildman–Crippen MR) is 105 cm³/mol. The molecule has 0 radical (unpaired) electrons. The van der Waals surface area contributed by atoms with E-state index in [0.717, 1.165) is 22.7 Å². The molecule has 2 aliphatic rings. The first-order chi connectivity index (χ1) is 13.4. The summed E-state index contributed by atoms with van der Waals surface area (Å²) < 4.78 is 10.6. The molecule has 0 bridgehead atoms. The topological polar surface area (TPSA) is 99.0 Å². The second kappa shape index (κ2) is 7.06. The van der Waals surface area contributed by atoms with E-state index in [4.69, 9.17) is 21.7 Å². The number of hydrogen-bond donors (Lipinski definition) is 0. The molecule has 0 saturated carbocycles. The Morgan fingerprint density at radius 1 is 1.21 bits per heavy atom. The van der Waals surface area contributed by atoms with Crippen LogP contribution in [0.5, 0.6) is 11.5 Å². The van der Waals surface area contributed by atoms with Gasteiger partial charge in [0.05, 0.1) is 9.83 Å². The lowest BCUT2D eigenvalue weighted by Crippen LogP contribution is -2.34. The number of carbonyl (C=O) groups is 2. The molecule has 2 aliphatic heterocycles. The fourth-order valence-corrected chi connectivity index (χ4v) is 3.93. The maximum Gasteiger partial charge on any atom is 0.273 e. The minimum absolute atomic E-state index is 0.00910. The van der Waals surface area contributed by atoms with Crippen molar-refractivity contribution in [2.75, 3.05) is 6.79 Å². The molecule has 2 amide bonds. The van der Waals surface area contributed by atoms with Crippen LogP contribution >= 0.6 is 24.0 Å². The molecule has 2 aromatic carbocycles. The molecule has 0 aromatic heterocycles. The molecule has 2 aromatic rings. The largest absolute Gasteiger partial charge is 0.454 e. The van der Waals surface area contributed by atoms with Crippen molar-refractivity contribution in [1.82, 2.24) is 4.90 Å². The predicted octanol–water partition coefficient (Wildman–Crippen LogP) is 3.37. The van der Waals surface area contributed by atoms with Gasteiger partial charge in [-0.15, -0.1) is 0 Å². The number of nitro groups is 1. The quantitative estimate of drug-likeness (QED) is 0.248. The monoisotopic (exact) mass is 414 g/mol. The molecule has 1 saturated heterocycles. The van der Waals surface area contributed by atoms with Gasteiger partial charge in [0.15, 0.2) is 15.8 Å². The summed E-state index contributed by atoms with van der Waals surface area (Å²) in [4.78, 5) is 36.9. The van der Waals surface area contributed by atoms with Crippen molar-refractivity contribution in [3.63, 3.8) is 0 Å². The molecule has 0 unspecified atom stereocenters. The molecule has 140 valence electrons. The molecule has 1 fully saturated rings. The molecule has 0 spiro atoms. The van der Waals surface area contributed by atoms with Crippen molar-refractivity contribution in [1.29, 1.82) is 0 Å². The molecular formula is C18H10N2O6S2. The van der Waals surface area contributed by atoms with Crippen molar-refractivity contribution in [3.05, 3.63) is 68.6 Å². The zero-order valence-corrected chi connectivity index (χ0v) is 15.6. The van der Waals surface area contributed by atoms with Crippen LogP contribution in [0.4, 0.5) is 5.69 Å². The van der Waals surface area contributed by atoms with E-state index in [-0.39, 0.29) is 27.3 Å². The smallest absolute Gasteiger partial charge is 0.273 e. The van der Waals surface area contributed by atoms with Gasteiger partial charge >= 0.3 is 0 Å². The summed E-state index contributed by atoms with van der Waals surface area (Å²) in [6.45, 7) is 0.138. The first kappa shape index (κ1) is 18.1. The number of ether oxygens (including phenoxy) is 2. The average Bonchev–Trinajstić information content (AvgIpc) is 3.25. The molecular weight excluding hydrogens is 404 g/mol. The van der Waals surface area contributed by atoms with Gasteiger partial charge in [-0.25, -0.2) is 4.90 Å². The zero-order valence-electron chi connectivity index (χ0n) is 14.0.